The Balaban J connectivity index is 1.45. The zero-order valence-electron chi connectivity index (χ0n) is 19.1. The van der Waals surface area contributed by atoms with Crippen LogP contribution in [0, 0.1) is 20.8 Å². The molecule has 8 nitrogen and oxygen atoms in total. The molecule has 1 saturated heterocycles. The smallest absolute Gasteiger partial charge is 0.273 e. The number of pyridine rings is 1. The molecule has 1 fully saturated rings. The first-order valence-corrected chi connectivity index (χ1v) is 11.0. The quantitative estimate of drug-likeness (QED) is 0.590. The third-order valence-electron chi connectivity index (χ3n) is 6.04. The van der Waals surface area contributed by atoms with E-state index in [4.69, 9.17) is 9.47 Å². The van der Waals surface area contributed by atoms with Gasteiger partial charge < -0.3 is 14.8 Å². The van der Waals surface area contributed by atoms with Gasteiger partial charge in [-0.2, -0.15) is 0 Å². The summed E-state index contributed by atoms with van der Waals surface area (Å²) >= 11 is 0. The molecule has 2 aromatic heterocycles. The van der Waals surface area contributed by atoms with Crippen molar-refractivity contribution in [3.8, 4) is 5.75 Å². The van der Waals surface area contributed by atoms with Crippen molar-refractivity contribution in [3.63, 3.8) is 0 Å². The van der Waals surface area contributed by atoms with Crippen LogP contribution in [-0.2, 0) is 23.0 Å². The van der Waals surface area contributed by atoms with Gasteiger partial charge in [-0.3, -0.25) is 19.4 Å². The zero-order valence-corrected chi connectivity index (χ0v) is 19.1. The van der Waals surface area contributed by atoms with E-state index in [0.29, 0.717) is 35.5 Å². The molecule has 32 heavy (non-hydrogen) atoms. The SMILES string of the molecule is Cc1ccc(NC(=O)CCc2c(C)nc3c(c2C)c(=O)[nH]n3C)c(OCC2CCCO2)c1. The van der Waals surface area contributed by atoms with Gasteiger partial charge in [0.15, 0.2) is 5.65 Å². The molecular formula is C24H30N4O4. The summed E-state index contributed by atoms with van der Waals surface area (Å²) in [5, 5.41) is 6.31. The van der Waals surface area contributed by atoms with Gasteiger partial charge in [0.05, 0.1) is 17.2 Å². The maximum atomic E-state index is 12.8. The van der Waals surface area contributed by atoms with Gasteiger partial charge in [-0.05, 0) is 68.9 Å². The predicted molar refractivity (Wildman–Crippen MR) is 123 cm³/mol. The molecule has 1 aliphatic rings. The minimum absolute atomic E-state index is 0.105. The Morgan fingerprint density at radius 2 is 2.16 bits per heavy atom. The van der Waals surface area contributed by atoms with Gasteiger partial charge in [0.1, 0.15) is 12.4 Å². The predicted octanol–water partition coefficient (Wildman–Crippen LogP) is 3.32. The number of nitrogens with zero attached hydrogens (tertiary/aromatic N) is 2. The first-order valence-electron chi connectivity index (χ1n) is 11.0. The second-order valence-corrected chi connectivity index (χ2v) is 8.49. The van der Waals surface area contributed by atoms with Crippen LogP contribution in [0.2, 0.25) is 0 Å². The first kappa shape index (κ1) is 22.1. The Kier molecular flexibility index (Phi) is 6.32. The summed E-state index contributed by atoms with van der Waals surface area (Å²) in [4.78, 5) is 29.6. The number of benzene rings is 1. The number of hydrogen-bond acceptors (Lipinski definition) is 5. The average molecular weight is 439 g/mol. The van der Waals surface area contributed by atoms with Gasteiger partial charge in [0.25, 0.3) is 5.56 Å². The lowest BCUT2D eigenvalue weighted by atomic mass is 10.00. The molecule has 0 saturated carbocycles. The van der Waals surface area contributed by atoms with E-state index in [0.717, 1.165) is 41.8 Å². The molecule has 0 spiro atoms. The highest BCUT2D eigenvalue weighted by molar-refractivity contribution is 5.92. The van der Waals surface area contributed by atoms with Crippen molar-refractivity contribution in [3.05, 3.63) is 50.9 Å². The third kappa shape index (κ3) is 4.55. The molecule has 1 amide bonds. The summed E-state index contributed by atoms with van der Waals surface area (Å²) in [5.41, 5.74) is 4.82. The van der Waals surface area contributed by atoms with Gasteiger partial charge in [-0.1, -0.05) is 6.07 Å². The van der Waals surface area contributed by atoms with E-state index in [9.17, 15) is 9.59 Å². The van der Waals surface area contributed by atoms with Gasteiger partial charge in [-0.15, -0.1) is 0 Å². The lowest BCUT2D eigenvalue weighted by Crippen LogP contribution is -2.18. The normalized spacial score (nSPS) is 15.9. The largest absolute Gasteiger partial charge is 0.489 e. The molecule has 170 valence electrons. The summed E-state index contributed by atoms with van der Waals surface area (Å²) in [7, 11) is 1.77. The molecule has 0 aliphatic carbocycles. The summed E-state index contributed by atoms with van der Waals surface area (Å²) < 4.78 is 13.2. The fourth-order valence-corrected chi connectivity index (χ4v) is 4.28. The van der Waals surface area contributed by atoms with Crippen LogP contribution in [-0.4, -0.2) is 40.0 Å². The molecule has 1 unspecified atom stereocenters. The van der Waals surface area contributed by atoms with E-state index in [1.807, 2.05) is 39.0 Å². The molecule has 1 atom stereocenters. The van der Waals surface area contributed by atoms with E-state index < -0.39 is 0 Å². The molecule has 4 rings (SSSR count). The van der Waals surface area contributed by atoms with Crippen molar-refractivity contribution in [2.24, 2.45) is 7.05 Å². The maximum absolute atomic E-state index is 12.8. The Hall–Kier alpha value is -3.13. The summed E-state index contributed by atoms with van der Waals surface area (Å²) in [6, 6.07) is 5.74. The maximum Gasteiger partial charge on any atom is 0.273 e. The van der Waals surface area contributed by atoms with Crippen molar-refractivity contribution >= 4 is 22.6 Å². The molecule has 0 radical (unpaired) electrons. The second-order valence-electron chi connectivity index (χ2n) is 8.49. The van der Waals surface area contributed by atoms with Crippen LogP contribution in [0.1, 0.15) is 41.6 Å². The van der Waals surface area contributed by atoms with Crippen molar-refractivity contribution < 1.29 is 14.3 Å². The Bertz CT molecular complexity index is 1200. The van der Waals surface area contributed by atoms with Crippen LogP contribution in [0.4, 0.5) is 5.69 Å². The van der Waals surface area contributed by atoms with E-state index in [1.165, 1.54) is 0 Å². The van der Waals surface area contributed by atoms with Crippen LogP contribution < -0.4 is 15.6 Å². The Morgan fingerprint density at radius 1 is 1.34 bits per heavy atom. The summed E-state index contributed by atoms with van der Waals surface area (Å²) in [6.07, 6.45) is 2.93. The molecular weight excluding hydrogens is 408 g/mol. The van der Waals surface area contributed by atoms with E-state index in [2.05, 4.69) is 15.4 Å². The highest BCUT2D eigenvalue weighted by atomic mass is 16.5. The first-order chi connectivity index (χ1) is 15.3. The number of H-pyrrole nitrogens is 1. The van der Waals surface area contributed by atoms with Gasteiger partial charge in [0.2, 0.25) is 5.91 Å². The van der Waals surface area contributed by atoms with Gasteiger partial charge in [0, 0.05) is 25.8 Å². The number of hydrogen-bond donors (Lipinski definition) is 2. The number of carbonyl (C=O) groups is 1. The van der Waals surface area contributed by atoms with Crippen molar-refractivity contribution in [1.29, 1.82) is 0 Å². The monoisotopic (exact) mass is 438 g/mol. The van der Waals surface area contributed by atoms with Crippen LogP contribution >= 0.6 is 0 Å². The van der Waals surface area contributed by atoms with Gasteiger partial charge >= 0.3 is 0 Å². The van der Waals surface area contributed by atoms with Crippen molar-refractivity contribution in [2.75, 3.05) is 18.5 Å². The van der Waals surface area contributed by atoms with Crippen LogP contribution in [0.15, 0.2) is 23.0 Å². The van der Waals surface area contributed by atoms with E-state index >= 15 is 0 Å². The number of carbonyl (C=O) groups excluding carboxylic acids is 1. The number of aromatic nitrogens is 3. The van der Waals surface area contributed by atoms with E-state index in [1.54, 1.807) is 11.7 Å². The summed E-state index contributed by atoms with van der Waals surface area (Å²) in [5.74, 6) is 0.539. The Morgan fingerprint density at radius 3 is 2.91 bits per heavy atom. The van der Waals surface area contributed by atoms with E-state index in [-0.39, 0.29) is 24.0 Å². The second kappa shape index (κ2) is 9.16. The molecule has 0 bridgehead atoms. The number of ether oxygens (including phenoxy) is 2. The molecule has 1 aromatic carbocycles. The molecule has 1 aliphatic heterocycles. The molecule has 8 heteroatoms. The number of aryl methyl sites for hydroxylation is 4. The van der Waals surface area contributed by atoms with Crippen LogP contribution in [0.3, 0.4) is 0 Å². The minimum Gasteiger partial charge on any atom is -0.489 e. The molecule has 3 heterocycles. The Labute approximate surface area is 186 Å². The highest BCUT2D eigenvalue weighted by Gasteiger charge is 2.19. The van der Waals surface area contributed by atoms with Crippen LogP contribution in [0.25, 0.3) is 11.0 Å². The number of anilines is 1. The standard InChI is InChI=1S/C24H30N4O4/c1-14-7-9-19(20(12-14)32-13-17-6-5-11-31-17)26-21(29)10-8-18-15(2)22-23(25-16(18)3)28(4)27-24(22)30/h7,9,12,17H,5-6,8,10-11,13H2,1-4H3,(H,26,29)(H,27,30). The molecule has 3 aromatic rings. The summed E-state index contributed by atoms with van der Waals surface area (Å²) in [6.45, 7) is 7.07. The van der Waals surface area contributed by atoms with Crippen molar-refractivity contribution in [1.82, 2.24) is 14.8 Å². The lowest BCUT2D eigenvalue weighted by molar-refractivity contribution is -0.116. The fourth-order valence-electron chi connectivity index (χ4n) is 4.28. The number of fused-ring (bicyclic) bond motifs is 1. The van der Waals surface area contributed by atoms with Crippen LogP contribution in [0.5, 0.6) is 5.75 Å². The zero-order chi connectivity index (χ0) is 22.8. The average Bonchev–Trinajstić information content (AvgIpc) is 3.36. The number of amides is 1. The highest BCUT2D eigenvalue weighted by Crippen LogP contribution is 2.28. The third-order valence-corrected chi connectivity index (χ3v) is 6.04. The lowest BCUT2D eigenvalue weighted by Gasteiger charge is -2.16. The minimum atomic E-state index is -0.161. The number of rotatable bonds is 7. The van der Waals surface area contributed by atoms with Crippen molar-refractivity contribution in [2.45, 2.75) is 52.6 Å². The topological polar surface area (TPSA) is 98.2 Å². The molecule has 2 N–H and O–H groups in total. The number of aromatic amines is 1. The fraction of sp³-hybridized carbons (Fsp3) is 0.458. The number of nitrogens with one attached hydrogen (secondary N) is 2. The van der Waals surface area contributed by atoms with Gasteiger partial charge in [-0.25, -0.2) is 4.98 Å².